The summed E-state index contributed by atoms with van der Waals surface area (Å²) in [6.07, 6.45) is 1.41. The lowest BCUT2D eigenvalue weighted by Crippen LogP contribution is -2.38. The van der Waals surface area contributed by atoms with Crippen molar-refractivity contribution in [3.63, 3.8) is 0 Å². The highest BCUT2D eigenvalue weighted by molar-refractivity contribution is 5.68. The minimum Gasteiger partial charge on any atom is -0.496 e. The molecule has 0 saturated heterocycles. The molecule has 3 rings (SSSR count). The molecule has 1 aliphatic heterocycles. The molecular weight excluding hydrogens is 298 g/mol. The number of benzene rings is 1. The monoisotopic (exact) mass is 321 g/mol. The Bertz CT molecular complexity index is 611. The van der Waals surface area contributed by atoms with Crippen LogP contribution in [0, 0.1) is 5.41 Å². The van der Waals surface area contributed by atoms with Gasteiger partial charge in [-0.2, -0.15) is 0 Å². The molecule has 0 radical (unpaired) electrons. The zero-order chi connectivity index (χ0) is 16.6. The van der Waals surface area contributed by atoms with E-state index in [1.807, 2.05) is 12.1 Å². The summed E-state index contributed by atoms with van der Waals surface area (Å²) in [6.45, 7) is 1.81. The van der Waals surface area contributed by atoms with E-state index in [0.29, 0.717) is 25.4 Å². The van der Waals surface area contributed by atoms with Crippen LogP contribution in [0.15, 0.2) is 12.1 Å². The number of hydrogen-bond donors (Lipinski definition) is 2. The highest BCUT2D eigenvalue weighted by Crippen LogP contribution is 2.50. The maximum Gasteiger partial charge on any atom is 0.303 e. The highest BCUT2D eigenvalue weighted by Gasteiger charge is 2.46. The van der Waals surface area contributed by atoms with Crippen molar-refractivity contribution >= 4 is 5.97 Å². The van der Waals surface area contributed by atoms with Gasteiger partial charge in [0.15, 0.2) is 0 Å². The molecule has 1 heterocycles. The number of methoxy groups -OCH3 is 2. The van der Waals surface area contributed by atoms with Crippen LogP contribution in [0.3, 0.4) is 0 Å². The van der Waals surface area contributed by atoms with Crippen LogP contribution in [-0.4, -0.2) is 48.4 Å². The third-order valence-corrected chi connectivity index (χ3v) is 4.90. The average molecular weight is 321 g/mol. The highest BCUT2D eigenvalue weighted by atomic mass is 16.5. The molecule has 23 heavy (non-hydrogen) atoms. The van der Waals surface area contributed by atoms with Gasteiger partial charge in [0, 0.05) is 30.8 Å². The molecular formula is C17H23NO5. The van der Waals surface area contributed by atoms with Gasteiger partial charge in [0.05, 0.1) is 26.7 Å². The molecule has 1 fully saturated rings. The smallest absolute Gasteiger partial charge is 0.303 e. The van der Waals surface area contributed by atoms with Crippen LogP contribution in [0.25, 0.3) is 0 Å². The van der Waals surface area contributed by atoms with Crippen molar-refractivity contribution in [1.82, 2.24) is 4.90 Å². The van der Waals surface area contributed by atoms with E-state index in [4.69, 9.17) is 14.6 Å². The summed E-state index contributed by atoms with van der Waals surface area (Å²) in [5.41, 5.74) is 1.58. The molecule has 1 saturated carbocycles. The molecule has 1 aliphatic carbocycles. The number of rotatable bonds is 6. The number of ether oxygens (including phenoxy) is 2. The number of aliphatic hydroxyl groups is 1. The second-order valence-electron chi connectivity index (χ2n) is 6.62. The van der Waals surface area contributed by atoms with Gasteiger partial charge in [-0.15, -0.1) is 0 Å². The topological polar surface area (TPSA) is 79.2 Å². The van der Waals surface area contributed by atoms with Crippen molar-refractivity contribution in [2.24, 2.45) is 5.41 Å². The minimum absolute atomic E-state index is 0.130. The Morgan fingerprint density at radius 3 is 2.52 bits per heavy atom. The van der Waals surface area contributed by atoms with E-state index in [1.54, 1.807) is 14.2 Å². The lowest BCUT2D eigenvalue weighted by atomic mass is 9.93. The molecule has 6 heteroatoms. The van der Waals surface area contributed by atoms with E-state index in [1.165, 1.54) is 0 Å². The van der Waals surface area contributed by atoms with E-state index >= 15 is 0 Å². The van der Waals surface area contributed by atoms with Gasteiger partial charge < -0.3 is 19.7 Å². The van der Waals surface area contributed by atoms with Crippen molar-refractivity contribution < 1.29 is 24.5 Å². The molecule has 2 aliphatic rings. The van der Waals surface area contributed by atoms with Gasteiger partial charge in [0.2, 0.25) is 0 Å². The predicted octanol–water partition coefficient (Wildman–Crippen LogP) is 1.81. The Balaban J connectivity index is 1.84. The van der Waals surface area contributed by atoms with Crippen molar-refractivity contribution in [2.75, 3.05) is 27.3 Å². The van der Waals surface area contributed by atoms with E-state index in [9.17, 15) is 9.90 Å². The molecule has 1 aromatic rings. The molecule has 6 nitrogen and oxygen atoms in total. The fourth-order valence-electron chi connectivity index (χ4n) is 3.63. The quantitative estimate of drug-likeness (QED) is 0.832. The molecule has 1 atom stereocenters. The van der Waals surface area contributed by atoms with Gasteiger partial charge in [-0.25, -0.2) is 0 Å². The predicted molar refractivity (Wildman–Crippen MR) is 83.7 cm³/mol. The molecule has 2 N–H and O–H groups in total. The van der Waals surface area contributed by atoms with E-state index in [2.05, 4.69) is 4.90 Å². The number of carboxylic acids is 1. The van der Waals surface area contributed by atoms with Gasteiger partial charge in [0.1, 0.15) is 11.5 Å². The van der Waals surface area contributed by atoms with Crippen LogP contribution < -0.4 is 9.47 Å². The molecule has 0 spiro atoms. The summed E-state index contributed by atoms with van der Waals surface area (Å²) in [5.74, 6) is 0.645. The Morgan fingerprint density at radius 1 is 1.30 bits per heavy atom. The summed E-state index contributed by atoms with van der Waals surface area (Å²) >= 11 is 0. The Labute approximate surface area is 135 Å². The summed E-state index contributed by atoms with van der Waals surface area (Å²) in [7, 11) is 3.20. The molecule has 1 aromatic carbocycles. The van der Waals surface area contributed by atoms with Gasteiger partial charge in [-0.3, -0.25) is 9.69 Å². The number of carboxylic acid groups (broad SMARTS) is 1. The zero-order valence-corrected chi connectivity index (χ0v) is 13.5. The average Bonchev–Trinajstić information content (AvgIpc) is 3.24. The summed E-state index contributed by atoms with van der Waals surface area (Å²) in [6, 6.07) is 3.65. The Hall–Kier alpha value is -1.79. The van der Waals surface area contributed by atoms with Gasteiger partial charge in [-0.05, 0) is 30.4 Å². The maximum atomic E-state index is 11.0. The lowest BCUT2D eigenvalue weighted by molar-refractivity contribution is -0.138. The van der Waals surface area contributed by atoms with Crippen molar-refractivity contribution in [1.29, 1.82) is 0 Å². The minimum atomic E-state index is -0.750. The standard InChI is InChI=1S/C17H23NO5/c1-22-13-3-4-14(23-2)16-11(13)8-18(9-12(16)19)10-17(5-6-17)7-15(20)21/h3-4,12,19H,5-10H2,1-2H3,(H,20,21). The van der Waals surface area contributed by atoms with Crippen molar-refractivity contribution in [2.45, 2.75) is 31.9 Å². The van der Waals surface area contributed by atoms with E-state index in [0.717, 1.165) is 29.7 Å². The summed E-state index contributed by atoms with van der Waals surface area (Å²) in [5, 5.41) is 19.6. The Kier molecular flexibility index (Phi) is 4.21. The SMILES string of the molecule is COc1ccc(OC)c2c1CN(CC1(CC(=O)O)CC1)CC2O. The summed E-state index contributed by atoms with van der Waals surface area (Å²) < 4.78 is 10.8. The largest absolute Gasteiger partial charge is 0.496 e. The first kappa shape index (κ1) is 16.1. The second-order valence-corrected chi connectivity index (χ2v) is 6.62. The zero-order valence-electron chi connectivity index (χ0n) is 13.5. The van der Waals surface area contributed by atoms with E-state index < -0.39 is 12.1 Å². The number of nitrogens with zero attached hydrogens (tertiary/aromatic N) is 1. The number of aliphatic hydroxyl groups excluding tert-OH is 1. The third-order valence-electron chi connectivity index (χ3n) is 4.90. The first-order valence-electron chi connectivity index (χ1n) is 7.84. The number of hydrogen-bond acceptors (Lipinski definition) is 5. The molecule has 1 unspecified atom stereocenters. The lowest BCUT2D eigenvalue weighted by Gasteiger charge is -2.35. The van der Waals surface area contributed by atoms with E-state index in [-0.39, 0.29) is 11.8 Å². The molecule has 0 amide bonds. The second kappa shape index (κ2) is 6.02. The van der Waals surface area contributed by atoms with Crippen LogP contribution in [0.1, 0.15) is 36.5 Å². The Morgan fingerprint density at radius 2 is 1.96 bits per heavy atom. The fraction of sp³-hybridized carbons (Fsp3) is 0.588. The van der Waals surface area contributed by atoms with Gasteiger partial charge in [-0.1, -0.05) is 0 Å². The van der Waals surface area contributed by atoms with Crippen LogP contribution >= 0.6 is 0 Å². The number of carbonyl (C=O) groups is 1. The fourth-order valence-corrected chi connectivity index (χ4v) is 3.63. The molecule has 126 valence electrons. The van der Waals surface area contributed by atoms with Gasteiger partial charge in [0.25, 0.3) is 0 Å². The summed E-state index contributed by atoms with van der Waals surface area (Å²) in [4.78, 5) is 13.2. The van der Waals surface area contributed by atoms with Crippen LogP contribution in [0.4, 0.5) is 0 Å². The van der Waals surface area contributed by atoms with Crippen molar-refractivity contribution in [3.8, 4) is 11.5 Å². The van der Waals surface area contributed by atoms with Crippen molar-refractivity contribution in [3.05, 3.63) is 23.3 Å². The van der Waals surface area contributed by atoms with Crippen LogP contribution in [0.2, 0.25) is 0 Å². The van der Waals surface area contributed by atoms with Gasteiger partial charge >= 0.3 is 5.97 Å². The number of aliphatic carboxylic acids is 1. The van der Waals surface area contributed by atoms with Crippen LogP contribution in [0.5, 0.6) is 11.5 Å². The number of fused-ring (bicyclic) bond motifs is 1. The maximum absolute atomic E-state index is 11.0. The molecule has 0 bridgehead atoms. The first-order valence-corrected chi connectivity index (χ1v) is 7.84. The first-order chi connectivity index (χ1) is 11.0. The third kappa shape index (κ3) is 3.14. The van der Waals surface area contributed by atoms with Crippen LogP contribution in [-0.2, 0) is 11.3 Å². The molecule has 0 aromatic heterocycles. The number of β-amino-alcohol motifs (C(OH)–C–C–N with tert-alkyl or cyclic N) is 1. The normalized spacial score (nSPS) is 22.3.